The molecule has 0 aliphatic heterocycles. The van der Waals surface area contributed by atoms with Crippen LogP contribution in [0.5, 0.6) is 23.0 Å². The molecule has 7 nitrogen and oxygen atoms in total. The van der Waals surface area contributed by atoms with E-state index in [4.69, 9.17) is 40.0 Å². The molecular formula is C25H27ClO7. The third-order valence-electron chi connectivity index (χ3n) is 4.56. The van der Waals surface area contributed by atoms with Gasteiger partial charge in [-0.1, -0.05) is 17.7 Å². The predicted molar refractivity (Wildman–Crippen MR) is 126 cm³/mol. The zero-order valence-corrected chi connectivity index (χ0v) is 19.6. The lowest BCUT2D eigenvalue weighted by molar-refractivity contribution is 0.00491. The molecule has 0 N–H and O–H groups in total. The first-order chi connectivity index (χ1) is 16.1. The quantitative estimate of drug-likeness (QED) is 0.141. The van der Waals surface area contributed by atoms with Crippen molar-refractivity contribution < 1.29 is 33.2 Å². The minimum atomic E-state index is -0.567. The molecule has 0 fully saturated rings. The van der Waals surface area contributed by atoms with Gasteiger partial charge in [-0.25, -0.2) is 4.79 Å². The van der Waals surface area contributed by atoms with E-state index in [0.717, 1.165) is 5.39 Å². The maximum atomic E-state index is 13.0. The van der Waals surface area contributed by atoms with Crippen molar-refractivity contribution in [2.45, 2.75) is 20.8 Å². The van der Waals surface area contributed by atoms with Crippen molar-refractivity contribution in [3.63, 3.8) is 0 Å². The zero-order valence-electron chi connectivity index (χ0n) is 18.9. The van der Waals surface area contributed by atoms with Crippen molar-refractivity contribution in [3.8, 4) is 23.0 Å². The Morgan fingerprint density at radius 3 is 2.15 bits per heavy atom. The van der Waals surface area contributed by atoms with E-state index < -0.39 is 5.97 Å². The SMILES string of the molecule is CCOCOc1cc2ccc(Cl)cc2c(OC(=O)c2ccc(OCC)cc2)c1OCOCC. The molecule has 0 aromatic heterocycles. The van der Waals surface area contributed by atoms with Gasteiger partial charge in [-0.05, 0) is 68.6 Å². The summed E-state index contributed by atoms with van der Waals surface area (Å²) in [6.07, 6.45) is 0. The highest BCUT2D eigenvalue weighted by Gasteiger charge is 2.22. The molecule has 0 saturated carbocycles. The number of halogens is 1. The Balaban J connectivity index is 2.03. The summed E-state index contributed by atoms with van der Waals surface area (Å²) in [6, 6.07) is 13.7. The highest BCUT2D eigenvalue weighted by molar-refractivity contribution is 6.31. The molecule has 0 heterocycles. The summed E-state index contributed by atoms with van der Waals surface area (Å²) in [7, 11) is 0. The van der Waals surface area contributed by atoms with E-state index in [1.54, 1.807) is 42.5 Å². The molecule has 3 aromatic carbocycles. The van der Waals surface area contributed by atoms with Crippen LogP contribution in [0.4, 0.5) is 0 Å². The number of esters is 1. The molecular weight excluding hydrogens is 448 g/mol. The van der Waals surface area contributed by atoms with Gasteiger partial charge in [0.05, 0.1) is 12.2 Å². The fraction of sp³-hybridized carbons (Fsp3) is 0.320. The van der Waals surface area contributed by atoms with Crippen LogP contribution in [0.2, 0.25) is 5.02 Å². The monoisotopic (exact) mass is 474 g/mol. The minimum Gasteiger partial charge on any atom is -0.494 e. The standard InChI is InChI=1S/C25H27ClO7/c1-4-28-15-31-22-13-18-7-10-19(26)14-21(18)23(24(22)32-16-29-5-2)33-25(27)17-8-11-20(12-9-17)30-6-3/h7-14H,4-6,15-16H2,1-3H3. The molecule has 33 heavy (non-hydrogen) atoms. The maximum Gasteiger partial charge on any atom is 0.343 e. The molecule has 0 bridgehead atoms. The molecule has 0 amide bonds. The number of ether oxygens (including phenoxy) is 6. The Hall–Kier alpha value is -3.00. The van der Waals surface area contributed by atoms with Crippen LogP contribution in [0.25, 0.3) is 10.8 Å². The molecule has 0 aliphatic rings. The van der Waals surface area contributed by atoms with Crippen molar-refractivity contribution in [1.29, 1.82) is 0 Å². The summed E-state index contributed by atoms with van der Waals surface area (Å²) in [5, 5.41) is 1.83. The summed E-state index contributed by atoms with van der Waals surface area (Å²) in [5.74, 6) is 0.852. The number of carbonyl (C=O) groups excluding carboxylic acids is 1. The lowest BCUT2D eigenvalue weighted by Gasteiger charge is -2.18. The average molecular weight is 475 g/mol. The van der Waals surface area contributed by atoms with Crippen LogP contribution >= 0.6 is 11.6 Å². The molecule has 0 atom stereocenters. The summed E-state index contributed by atoms with van der Waals surface area (Å²) < 4.78 is 33.5. The van der Waals surface area contributed by atoms with Gasteiger partial charge >= 0.3 is 5.97 Å². The molecule has 0 spiro atoms. The van der Waals surface area contributed by atoms with E-state index in [2.05, 4.69) is 0 Å². The van der Waals surface area contributed by atoms with Gasteiger partial charge < -0.3 is 28.4 Å². The van der Waals surface area contributed by atoms with Gasteiger partial charge in [0.2, 0.25) is 5.75 Å². The lowest BCUT2D eigenvalue weighted by Crippen LogP contribution is -2.12. The van der Waals surface area contributed by atoms with Crippen LogP contribution in [-0.4, -0.2) is 39.4 Å². The second kappa shape index (κ2) is 12.3. The van der Waals surface area contributed by atoms with Gasteiger partial charge in [0.1, 0.15) is 5.75 Å². The Morgan fingerprint density at radius 1 is 0.788 bits per heavy atom. The first kappa shape index (κ1) is 24.6. The Morgan fingerprint density at radius 2 is 1.48 bits per heavy atom. The van der Waals surface area contributed by atoms with Gasteiger partial charge in [-0.15, -0.1) is 0 Å². The van der Waals surface area contributed by atoms with Crippen LogP contribution in [-0.2, 0) is 9.47 Å². The van der Waals surface area contributed by atoms with Crippen molar-refractivity contribution in [3.05, 3.63) is 59.1 Å². The molecule has 0 saturated heterocycles. The van der Waals surface area contributed by atoms with Gasteiger partial charge in [-0.2, -0.15) is 0 Å². The summed E-state index contributed by atoms with van der Waals surface area (Å²) in [6.45, 7) is 7.03. The first-order valence-corrected chi connectivity index (χ1v) is 11.1. The van der Waals surface area contributed by atoms with E-state index in [9.17, 15) is 4.79 Å². The van der Waals surface area contributed by atoms with Crippen LogP contribution in [0, 0.1) is 0 Å². The molecule has 3 aromatic rings. The van der Waals surface area contributed by atoms with Crippen molar-refractivity contribution in [2.24, 2.45) is 0 Å². The molecule has 0 radical (unpaired) electrons. The molecule has 176 valence electrons. The zero-order chi connectivity index (χ0) is 23.6. The Labute approximate surface area is 198 Å². The van der Waals surface area contributed by atoms with Crippen LogP contribution in [0.1, 0.15) is 31.1 Å². The summed E-state index contributed by atoms with van der Waals surface area (Å²) >= 11 is 6.24. The number of benzene rings is 3. The van der Waals surface area contributed by atoms with Crippen LogP contribution in [0.3, 0.4) is 0 Å². The lowest BCUT2D eigenvalue weighted by atomic mass is 10.1. The van der Waals surface area contributed by atoms with Crippen molar-refractivity contribution >= 4 is 28.3 Å². The molecule has 0 unspecified atom stereocenters. The average Bonchev–Trinajstić information content (AvgIpc) is 2.81. The fourth-order valence-electron chi connectivity index (χ4n) is 3.02. The number of fused-ring (bicyclic) bond motifs is 1. The Bertz CT molecular complexity index is 1070. The fourth-order valence-corrected chi connectivity index (χ4v) is 3.19. The molecule has 0 aliphatic carbocycles. The van der Waals surface area contributed by atoms with Crippen molar-refractivity contribution in [2.75, 3.05) is 33.4 Å². The number of rotatable bonds is 12. The van der Waals surface area contributed by atoms with Gasteiger partial charge in [0.25, 0.3) is 0 Å². The smallest absolute Gasteiger partial charge is 0.343 e. The second-order valence-electron chi connectivity index (χ2n) is 6.76. The largest absolute Gasteiger partial charge is 0.494 e. The number of hydrogen-bond donors (Lipinski definition) is 0. The third kappa shape index (κ3) is 6.51. The summed E-state index contributed by atoms with van der Waals surface area (Å²) in [4.78, 5) is 13.0. The number of hydrogen-bond acceptors (Lipinski definition) is 7. The molecule has 3 rings (SSSR count). The maximum absolute atomic E-state index is 13.0. The van der Waals surface area contributed by atoms with Crippen LogP contribution in [0.15, 0.2) is 48.5 Å². The van der Waals surface area contributed by atoms with Crippen LogP contribution < -0.4 is 18.9 Å². The normalized spacial score (nSPS) is 10.8. The summed E-state index contributed by atoms with van der Waals surface area (Å²) in [5.41, 5.74) is 0.352. The van der Waals surface area contributed by atoms with E-state index in [-0.39, 0.29) is 25.1 Å². The van der Waals surface area contributed by atoms with E-state index in [1.165, 1.54) is 0 Å². The van der Waals surface area contributed by atoms with Gasteiger partial charge in [0, 0.05) is 23.6 Å². The topological polar surface area (TPSA) is 72.5 Å². The van der Waals surface area contributed by atoms with E-state index in [0.29, 0.717) is 47.3 Å². The third-order valence-corrected chi connectivity index (χ3v) is 4.80. The highest BCUT2D eigenvalue weighted by Crippen LogP contribution is 2.45. The van der Waals surface area contributed by atoms with Gasteiger partial charge in [-0.3, -0.25) is 0 Å². The van der Waals surface area contributed by atoms with Crippen molar-refractivity contribution in [1.82, 2.24) is 0 Å². The molecule has 8 heteroatoms. The van der Waals surface area contributed by atoms with E-state index in [1.807, 2.05) is 26.8 Å². The van der Waals surface area contributed by atoms with E-state index >= 15 is 0 Å². The second-order valence-corrected chi connectivity index (χ2v) is 7.19. The Kier molecular flexibility index (Phi) is 9.18. The predicted octanol–water partition coefficient (Wildman–Crippen LogP) is 5.86. The number of carbonyl (C=O) groups is 1. The first-order valence-electron chi connectivity index (χ1n) is 10.7. The minimum absolute atomic E-state index is 0.00681. The van der Waals surface area contributed by atoms with Gasteiger partial charge in [0.15, 0.2) is 25.1 Å². The highest BCUT2D eigenvalue weighted by atomic mass is 35.5.